The molecule has 1 atom stereocenters. The number of ether oxygens (including phenoxy) is 3. The lowest BCUT2D eigenvalue weighted by Crippen LogP contribution is -2.30. The predicted molar refractivity (Wildman–Crippen MR) is 279 cm³/mol. The summed E-state index contributed by atoms with van der Waals surface area (Å²) in [6.07, 6.45) is 74.1. The van der Waals surface area contributed by atoms with Crippen molar-refractivity contribution in [1.29, 1.82) is 0 Å². The van der Waals surface area contributed by atoms with E-state index in [4.69, 9.17) is 14.2 Å². The first-order valence-electron chi connectivity index (χ1n) is 25.3. The summed E-state index contributed by atoms with van der Waals surface area (Å²) in [6.45, 7) is 6.23. The summed E-state index contributed by atoms with van der Waals surface area (Å²) in [6, 6.07) is 0. The number of unbranched alkanes of at least 4 members (excludes halogenated alkanes) is 8. The van der Waals surface area contributed by atoms with Gasteiger partial charge in [0, 0.05) is 19.3 Å². The largest absolute Gasteiger partial charge is 0.462 e. The third kappa shape index (κ3) is 50.2. The molecule has 0 aliphatic carbocycles. The van der Waals surface area contributed by atoms with Crippen molar-refractivity contribution < 1.29 is 28.6 Å². The molecule has 0 saturated carbocycles. The van der Waals surface area contributed by atoms with Gasteiger partial charge in [0.2, 0.25) is 0 Å². The Morgan fingerprint density at radius 2 is 0.600 bits per heavy atom. The Labute approximate surface area is 397 Å². The first-order valence-corrected chi connectivity index (χ1v) is 25.3. The molecule has 0 aromatic heterocycles. The normalized spacial score (nSPS) is 13.3. The summed E-state index contributed by atoms with van der Waals surface area (Å²) in [5.74, 6) is -1.09. The SMILES string of the molecule is CC/C=C\C/C=C\C/C=C\C/C=C\CCCCC(=O)OC[C@H](COC(=O)CCC/C=C\C/C=C\C/C=C\C/C=C\CCCCC)OC(=O)CCCC/C=C\C/C=C\C/C=C\C/C=C\CC. The highest BCUT2D eigenvalue weighted by atomic mass is 16.6. The highest BCUT2D eigenvalue weighted by Gasteiger charge is 2.19. The Hall–Kier alpha value is -4.71. The molecule has 362 valence electrons. The number of hydrogen-bond acceptors (Lipinski definition) is 6. The van der Waals surface area contributed by atoms with E-state index in [1.165, 1.54) is 25.7 Å². The minimum absolute atomic E-state index is 0.140. The van der Waals surface area contributed by atoms with Crippen LogP contribution in [0.25, 0.3) is 0 Å². The van der Waals surface area contributed by atoms with Crippen molar-refractivity contribution in [1.82, 2.24) is 0 Å². The lowest BCUT2D eigenvalue weighted by Gasteiger charge is -2.18. The Morgan fingerprint density at radius 1 is 0.323 bits per heavy atom. The van der Waals surface area contributed by atoms with Gasteiger partial charge in [0.25, 0.3) is 0 Å². The van der Waals surface area contributed by atoms with E-state index in [9.17, 15) is 14.4 Å². The number of hydrogen-bond donors (Lipinski definition) is 0. The molecule has 0 amide bonds. The quantitative estimate of drug-likeness (QED) is 0.0263. The Morgan fingerprint density at radius 3 is 0.938 bits per heavy atom. The summed E-state index contributed by atoms with van der Waals surface area (Å²) in [7, 11) is 0. The van der Waals surface area contributed by atoms with E-state index in [1.54, 1.807) is 0 Å². The lowest BCUT2D eigenvalue weighted by molar-refractivity contribution is -0.167. The van der Waals surface area contributed by atoms with Gasteiger partial charge in [-0.05, 0) is 135 Å². The fourth-order valence-corrected chi connectivity index (χ4v) is 6.06. The monoisotopic (exact) mass is 895 g/mol. The molecule has 0 N–H and O–H groups in total. The summed E-state index contributed by atoms with van der Waals surface area (Å²) in [4.78, 5) is 37.9. The number of rotatable bonds is 43. The van der Waals surface area contributed by atoms with Crippen LogP contribution in [0.2, 0.25) is 0 Å². The van der Waals surface area contributed by atoms with Crippen molar-refractivity contribution >= 4 is 17.9 Å². The maximum atomic E-state index is 12.8. The molecule has 0 aromatic carbocycles. The van der Waals surface area contributed by atoms with Crippen LogP contribution in [0.5, 0.6) is 0 Å². The minimum atomic E-state index is -0.845. The zero-order valence-electron chi connectivity index (χ0n) is 41.2. The van der Waals surface area contributed by atoms with Gasteiger partial charge in [-0.1, -0.05) is 179 Å². The third-order valence-corrected chi connectivity index (χ3v) is 9.81. The Balaban J connectivity index is 4.64. The van der Waals surface area contributed by atoms with Gasteiger partial charge in [-0.15, -0.1) is 0 Å². The van der Waals surface area contributed by atoms with E-state index in [-0.39, 0.29) is 50.4 Å². The van der Waals surface area contributed by atoms with Crippen LogP contribution in [0.1, 0.15) is 188 Å². The van der Waals surface area contributed by atoms with Crippen LogP contribution in [0, 0.1) is 0 Å². The summed E-state index contributed by atoms with van der Waals surface area (Å²) < 4.78 is 16.7. The predicted octanol–water partition coefficient (Wildman–Crippen LogP) is 16.9. The number of esters is 3. The van der Waals surface area contributed by atoms with Crippen LogP contribution in [0.4, 0.5) is 0 Å². The molecule has 0 bridgehead atoms. The van der Waals surface area contributed by atoms with E-state index < -0.39 is 6.10 Å². The van der Waals surface area contributed by atoms with Gasteiger partial charge in [0.05, 0.1) is 0 Å². The fourth-order valence-electron chi connectivity index (χ4n) is 6.06. The number of carbonyl (C=O) groups excluding carboxylic acids is 3. The molecule has 0 heterocycles. The average Bonchev–Trinajstić information content (AvgIpc) is 3.30. The highest BCUT2D eigenvalue weighted by molar-refractivity contribution is 5.71. The molecule has 6 nitrogen and oxygen atoms in total. The van der Waals surface area contributed by atoms with Gasteiger partial charge in [-0.2, -0.15) is 0 Å². The maximum Gasteiger partial charge on any atom is 0.306 e. The van der Waals surface area contributed by atoms with Gasteiger partial charge in [-0.25, -0.2) is 0 Å². The second-order valence-corrected chi connectivity index (χ2v) is 16.0. The molecule has 0 radical (unpaired) electrons. The molecule has 0 saturated heterocycles. The Bertz CT molecular complexity index is 1490. The highest BCUT2D eigenvalue weighted by Crippen LogP contribution is 2.10. The molecule has 65 heavy (non-hydrogen) atoms. The standard InChI is InChI=1S/C59H90O6/c1-4-7-10-13-16-19-22-25-28-29-32-34-37-40-43-46-49-52-58(61)64-55-56(65-59(62)53-50-47-44-41-38-35-31-27-24-21-18-15-12-9-6-3)54-63-57(60)51-48-45-42-39-36-33-30-26-23-20-17-14-11-8-5-2/h8-9,11-12,16-21,25-28,30-32,34,36,38-41,43,56H,4-7,10,13-15,22-24,29,33,35,37,42,44-55H2,1-3H3/b11-8-,12-9-,19-16-,20-17-,21-18-,28-25-,30-26-,31-27-,34-32-,39-36-,41-38-,43-40-/t56-/m1/s1. The fraction of sp³-hybridized carbons (Fsp3) is 0.542. The van der Waals surface area contributed by atoms with Crippen molar-refractivity contribution in [3.8, 4) is 0 Å². The topological polar surface area (TPSA) is 78.9 Å². The van der Waals surface area contributed by atoms with E-state index in [0.29, 0.717) is 19.3 Å². The van der Waals surface area contributed by atoms with Crippen LogP contribution in [-0.4, -0.2) is 37.2 Å². The lowest BCUT2D eigenvalue weighted by atomic mass is 10.1. The zero-order chi connectivity index (χ0) is 47.2. The molecule has 0 aliphatic rings. The molecule has 0 aromatic rings. The van der Waals surface area contributed by atoms with Crippen molar-refractivity contribution in [2.24, 2.45) is 0 Å². The maximum absolute atomic E-state index is 12.8. The van der Waals surface area contributed by atoms with E-state index in [0.717, 1.165) is 103 Å². The van der Waals surface area contributed by atoms with Crippen LogP contribution in [-0.2, 0) is 28.6 Å². The van der Waals surface area contributed by atoms with Crippen molar-refractivity contribution in [2.75, 3.05) is 13.2 Å². The molecule has 0 rings (SSSR count). The van der Waals surface area contributed by atoms with Crippen LogP contribution < -0.4 is 0 Å². The second-order valence-electron chi connectivity index (χ2n) is 16.0. The number of carbonyl (C=O) groups is 3. The van der Waals surface area contributed by atoms with Gasteiger partial charge in [0.15, 0.2) is 6.10 Å². The third-order valence-electron chi connectivity index (χ3n) is 9.81. The van der Waals surface area contributed by atoms with Crippen molar-refractivity contribution in [2.45, 2.75) is 194 Å². The molecular formula is C59H90O6. The van der Waals surface area contributed by atoms with Gasteiger partial charge >= 0.3 is 17.9 Å². The summed E-state index contributed by atoms with van der Waals surface area (Å²) in [5, 5.41) is 0. The van der Waals surface area contributed by atoms with E-state index in [2.05, 4.69) is 167 Å². The van der Waals surface area contributed by atoms with Crippen molar-refractivity contribution in [3.63, 3.8) is 0 Å². The minimum Gasteiger partial charge on any atom is -0.462 e. The first-order chi connectivity index (χ1) is 32.0. The molecule has 0 spiro atoms. The second kappa shape index (κ2) is 51.9. The van der Waals surface area contributed by atoms with Gasteiger partial charge < -0.3 is 14.2 Å². The molecule has 0 aliphatic heterocycles. The van der Waals surface area contributed by atoms with Crippen LogP contribution in [0.15, 0.2) is 146 Å². The van der Waals surface area contributed by atoms with E-state index >= 15 is 0 Å². The summed E-state index contributed by atoms with van der Waals surface area (Å²) in [5.41, 5.74) is 0. The smallest absolute Gasteiger partial charge is 0.306 e. The van der Waals surface area contributed by atoms with Crippen LogP contribution >= 0.6 is 0 Å². The van der Waals surface area contributed by atoms with Crippen LogP contribution in [0.3, 0.4) is 0 Å². The molecule has 0 unspecified atom stereocenters. The first kappa shape index (κ1) is 60.3. The molecule has 6 heteroatoms. The number of allylic oxidation sites excluding steroid dienone is 24. The van der Waals surface area contributed by atoms with Gasteiger partial charge in [0.1, 0.15) is 13.2 Å². The van der Waals surface area contributed by atoms with Gasteiger partial charge in [-0.3, -0.25) is 14.4 Å². The zero-order valence-corrected chi connectivity index (χ0v) is 41.2. The van der Waals surface area contributed by atoms with Crippen molar-refractivity contribution in [3.05, 3.63) is 146 Å². The molecule has 0 fully saturated rings. The van der Waals surface area contributed by atoms with E-state index in [1.807, 2.05) is 0 Å². The molecular weight excluding hydrogens is 805 g/mol. The summed E-state index contributed by atoms with van der Waals surface area (Å²) >= 11 is 0. The Kier molecular flexibility index (Phi) is 48.2. The average molecular weight is 895 g/mol.